The van der Waals surface area contributed by atoms with E-state index in [1.54, 1.807) is 6.07 Å². The number of hydrogen-bond donors (Lipinski definition) is 1. The minimum Gasteiger partial charge on any atom is -0.347 e. The van der Waals surface area contributed by atoms with Gasteiger partial charge < -0.3 is 5.32 Å². The number of nitrogens with one attached hydrogen (secondary N) is 1. The minimum absolute atomic E-state index is 0.0935. The summed E-state index contributed by atoms with van der Waals surface area (Å²) in [5.41, 5.74) is 0.738. The van der Waals surface area contributed by atoms with Gasteiger partial charge in [0.25, 0.3) is 0 Å². The molecule has 0 aliphatic heterocycles. The summed E-state index contributed by atoms with van der Waals surface area (Å²) >= 11 is 12.0. The van der Waals surface area contributed by atoms with Gasteiger partial charge in [-0.05, 0) is 37.0 Å². The maximum absolute atomic E-state index is 11.7. The molecule has 1 saturated carbocycles. The zero-order valence-corrected chi connectivity index (χ0v) is 11.2. The molecule has 1 aromatic carbocycles. The average Bonchev–Trinajstić information content (AvgIpc) is 2.98. The van der Waals surface area contributed by atoms with E-state index < -0.39 is 0 Å². The third-order valence-electron chi connectivity index (χ3n) is 3.05. The summed E-state index contributed by atoms with van der Waals surface area (Å²) in [5.74, 6) is 0.0935. The maximum Gasteiger partial charge on any atom is 0.220 e. The molecular weight excluding hydrogens is 257 g/mol. The third kappa shape index (κ3) is 2.75. The van der Waals surface area contributed by atoms with Crippen LogP contribution in [-0.2, 0) is 10.3 Å². The smallest absolute Gasteiger partial charge is 0.220 e. The first-order chi connectivity index (χ1) is 8.07. The molecule has 1 aliphatic rings. The van der Waals surface area contributed by atoms with E-state index in [1.807, 2.05) is 19.1 Å². The lowest BCUT2D eigenvalue weighted by Crippen LogP contribution is -2.34. The lowest BCUT2D eigenvalue weighted by Gasteiger charge is -2.19. The van der Waals surface area contributed by atoms with Gasteiger partial charge in [-0.25, -0.2) is 0 Å². The average molecular weight is 272 g/mol. The van der Waals surface area contributed by atoms with Crippen molar-refractivity contribution in [1.82, 2.24) is 5.32 Å². The van der Waals surface area contributed by atoms with Gasteiger partial charge in [0.15, 0.2) is 0 Å². The number of halogens is 2. The van der Waals surface area contributed by atoms with Crippen LogP contribution < -0.4 is 5.32 Å². The number of rotatable bonds is 4. The molecule has 0 heterocycles. The molecule has 0 atom stereocenters. The molecule has 1 amide bonds. The van der Waals surface area contributed by atoms with Gasteiger partial charge in [0.05, 0.1) is 5.54 Å². The van der Waals surface area contributed by atoms with Crippen LogP contribution in [0.4, 0.5) is 0 Å². The van der Waals surface area contributed by atoms with Crippen LogP contribution in [0.3, 0.4) is 0 Å². The second-order valence-corrected chi connectivity index (χ2v) is 5.35. The van der Waals surface area contributed by atoms with Gasteiger partial charge in [-0.3, -0.25) is 4.79 Å². The van der Waals surface area contributed by atoms with Gasteiger partial charge in [0.1, 0.15) is 0 Å². The zero-order chi connectivity index (χ0) is 12.5. The summed E-state index contributed by atoms with van der Waals surface area (Å²) in [6.45, 7) is 1.99. The van der Waals surface area contributed by atoms with E-state index in [0.717, 1.165) is 24.8 Å². The Morgan fingerprint density at radius 2 is 2.12 bits per heavy atom. The van der Waals surface area contributed by atoms with Gasteiger partial charge in [-0.2, -0.15) is 0 Å². The minimum atomic E-state index is -0.242. The van der Waals surface area contributed by atoms with Crippen molar-refractivity contribution in [3.8, 4) is 0 Å². The Balaban J connectivity index is 2.18. The molecule has 4 heteroatoms. The normalized spacial score (nSPS) is 16.6. The number of benzene rings is 1. The molecule has 2 nitrogen and oxygen atoms in total. The van der Waals surface area contributed by atoms with Crippen molar-refractivity contribution in [3.05, 3.63) is 33.8 Å². The molecule has 92 valence electrons. The van der Waals surface area contributed by atoms with Crippen LogP contribution in [0, 0.1) is 0 Å². The van der Waals surface area contributed by atoms with Crippen LogP contribution in [-0.4, -0.2) is 5.91 Å². The van der Waals surface area contributed by atoms with Gasteiger partial charge >= 0.3 is 0 Å². The summed E-state index contributed by atoms with van der Waals surface area (Å²) in [4.78, 5) is 11.7. The van der Waals surface area contributed by atoms with Crippen molar-refractivity contribution < 1.29 is 4.79 Å². The molecule has 0 bridgehead atoms. The predicted octanol–water partition coefficient (Wildman–Crippen LogP) is 3.90. The van der Waals surface area contributed by atoms with E-state index in [2.05, 4.69) is 5.32 Å². The van der Waals surface area contributed by atoms with E-state index in [9.17, 15) is 4.79 Å². The Labute approximate surface area is 111 Å². The van der Waals surface area contributed by atoms with Crippen LogP contribution >= 0.6 is 23.2 Å². The standard InChI is InChI=1S/C13H15Cl2NO/c1-2-3-12(17)16-13(6-7-13)10-5-4-9(14)8-11(10)15/h4-5,8H,2-3,6-7H2,1H3,(H,16,17). The molecule has 1 aromatic rings. The van der Waals surface area contributed by atoms with Crippen molar-refractivity contribution in [2.75, 3.05) is 0 Å². The molecule has 0 aromatic heterocycles. The van der Waals surface area contributed by atoms with Crippen LogP contribution in [0.25, 0.3) is 0 Å². The number of carbonyl (C=O) groups is 1. The molecule has 1 aliphatic carbocycles. The highest BCUT2D eigenvalue weighted by Crippen LogP contribution is 2.48. The Hall–Kier alpha value is -0.730. The highest BCUT2D eigenvalue weighted by atomic mass is 35.5. The van der Waals surface area contributed by atoms with Gasteiger partial charge in [0, 0.05) is 16.5 Å². The molecule has 0 saturated heterocycles. The predicted molar refractivity (Wildman–Crippen MR) is 70.4 cm³/mol. The monoisotopic (exact) mass is 271 g/mol. The van der Waals surface area contributed by atoms with E-state index in [4.69, 9.17) is 23.2 Å². The molecule has 0 unspecified atom stereocenters. The first-order valence-electron chi connectivity index (χ1n) is 5.84. The summed E-state index contributed by atoms with van der Waals surface area (Å²) in [6.07, 6.45) is 3.32. The zero-order valence-electron chi connectivity index (χ0n) is 9.72. The maximum atomic E-state index is 11.7. The van der Waals surface area contributed by atoms with Crippen molar-refractivity contribution in [2.24, 2.45) is 0 Å². The van der Waals surface area contributed by atoms with Gasteiger partial charge in [-0.15, -0.1) is 0 Å². The second kappa shape index (κ2) is 4.87. The fourth-order valence-corrected chi connectivity index (χ4v) is 2.61. The lowest BCUT2D eigenvalue weighted by atomic mass is 10.0. The summed E-state index contributed by atoms with van der Waals surface area (Å²) < 4.78 is 0. The summed E-state index contributed by atoms with van der Waals surface area (Å²) in [6, 6.07) is 5.45. The molecule has 2 rings (SSSR count). The Kier molecular flexibility index (Phi) is 3.64. The molecule has 0 radical (unpaired) electrons. The molecule has 1 N–H and O–H groups in total. The first kappa shape index (κ1) is 12.7. The molecular formula is C13H15Cl2NO. The molecule has 17 heavy (non-hydrogen) atoms. The largest absolute Gasteiger partial charge is 0.347 e. The Morgan fingerprint density at radius 3 is 2.65 bits per heavy atom. The van der Waals surface area contributed by atoms with Gasteiger partial charge in [-0.1, -0.05) is 36.2 Å². The van der Waals surface area contributed by atoms with Crippen LogP contribution in [0.2, 0.25) is 10.0 Å². The van der Waals surface area contributed by atoms with Crippen molar-refractivity contribution in [1.29, 1.82) is 0 Å². The number of hydrogen-bond acceptors (Lipinski definition) is 1. The van der Waals surface area contributed by atoms with Crippen LogP contribution in [0.5, 0.6) is 0 Å². The van der Waals surface area contributed by atoms with E-state index in [1.165, 1.54) is 0 Å². The Bertz CT molecular complexity index is 441. The summed E-state index contributed by atoms with van der Waals surface area (Å²) in [7, 11) is 0. The second-order valence-electron chi connectivity index (χ2n) is 4.50. The first-order valence-corrected chi connectivity index (χ1v) is 6.59. The van der Waals surface area contributed by atoms with E-state index in [-0.39, 0.29) is 11.4 Å². The third-order valence-corrected chi connectivity index (χ3v) is 3.60. The highest BCUT2D eigenvalue weighted by molar-refractivity contribution is 6.35. The topological polar surface area (TPSA) is 29.1 Å². The molecule has 1 fully saturated rings. The van der Waals surface area contributed by atoms with Crippen molar-refractivity contribution >= 4 is 29.1 Å². The van der Waals surface area contributed by atoms with Gasteiger partial charge in [0.2, 0.25) is 5.91 Å². The fraction of sp³-hybridized carbons (Fsp3) is 0.462. The van der Waals surface area contributed by atoms with Crippen molar-refractivity contribution in [3.63, 3.8) is 0 Å². The number of amides is 1. The molecule has 0 spiro atoms. The number of carbonyl (C=O) groups excluding carboxylic acids is 1. The Morgan fingerprint density at radius 1 is 1.41 bits per heavy atom. The quantitative estimate of drug-likeness (QED) is 0.884. The van der Waals surface area contributed by atoms with Crippen LogP contribution in [0.1, 0.15) is 38.2 Å². The lowest BCUT2D eigenvalue weighted by molar-refractivity contribution is -0.122. The highest BCUT2D eigenvalue weighted by Gasteiger charge is 2.46. The fourth-order valence-electron chi connectivity index (χ4n) is 2.02. The van der Waals surface area contributed by atoms with E-state index in [0.29, 0.717) is 16.5 Å². The van der Waals surface area contributed by atoms with Crippen molar-refractivity contribution in [2.45, 2.75) is 38.1 Å². The SMILES string of the molecule is CCCC(=O)NC1(c2ccc(Cl)cc2Cl)CC1. The summed E-state index contributed by atoms with van der Waals surface area (Å²) in [5, 5.41) is 4.33. The van der Waals surface area contributed by atoms with E-state index >= 15 is 0 Å². The van der Waals surface area contributed by atoms with Crippen LogP contribution in [0.15, 0.2) is 18.2 Å².